The number of nitrogens with one attached hydrogen (secondary N) is 1. The number of carbonyl (C=O) groups excluding carboxylic acids is 1. The Labute approximate surface area is 197 Å². The predicted molar refractivity (Wildman–Crippen MR) is 131 cm³/mol. The molecule has 0 bridgehead atoms. The first-order chi connectivity index (χ1) is 14.1. The summed E-state index contributed by atoms with van der Waals surface area (Å²) in [6.07, 6.45) is 7.09. The van der Waals surface area contributed by atoms with E-state index in [1.807, 2.05) is 6.20 Å². The fourth-order valence-corrected chi connectivity index (χ4v) is 4.19. The van der Waals surface area contributed by atoms with Gasteiger partial charge in [-0.15, -0.1) is 24.0 Å². The zero-order valence-electron chi connectivity index (χ0n) is 18.5. The molecule has 2 aliphatic rings. The van der Waals surface area contributed by atoms with Gasteiger partial charge in [0.1, 0.15) is 5.82 Å². The van der Waals surface area contributed by atoms with E-state index >= 15 is 0 Å². The number of guanidine groups is 1. The number of likely N-dealkylation sites (tertiary alicyclic amines) is 1. The standard InChI is InChI=1S/C22H35N5O2.HI/c1-4-23-22(27-15-17(2)19(16-27)21(28)29-3)25-14-18-9-10-20(24-13-18)26-11-7-5-6-8-12-26;/h9-10,13,17,19H,4-8,11-12,14-16H2,1-3H3,(H,23,25);1H. The first kappa shape index (κ1) is 24.7. The fraction of sp³-hybridized carbons (Fsp3) is 0.682. The van der Waals surface area contributed by atoms with E-state index in [-0.39, 0.29) is 41.8 Å². The third kappa shape index (κ3) is 6.46. The Morgan fingerprint density at radius 3 is 2.57 bits per heavy atom. The molecule has 168 valence electrons. The van der Waals surface area contributed by atoms with Crippen molar-refractivity contribution in [1.29, 1.82) is 0 Å². The molecule has 7 nitrogen and oxygen atoms in total. The number of hydrogen-bond acceptors (Lipinski definition) is 5. The highest BCUT2D eigenvalue weighted by atomic mass is 127. The van der Waals surface area contributed by atoms with Gasteiger partial charge >= 0.3 is 5.97 Å². The monoisotopic (exact) mass is 529 g/mol. The summed E-state index contributed by atoms with van der Waals surface area (Å²) in [6.45, 7) is 9.17. The van der Waals surface area contributed by atoms with Crippen molar-refractivity contribution >= 4 is 41.7 Å². The highest BCUT2D eigenvalue weighted by Gasteiger charge is 2.36. The van der Waals surface area contributed by atoms with Gasteiger partial charge in [0.15, 0.2) is 5.96 Å². The first-order valence-corrected chi connectivity index (χ1v) is 10.9. The van der Waals surface area contributed by atoms with Crippen LogP contribution in [-0.4, -0.2) is 61.6 Å². The third-order valence-electron chi connectivity index (χ3n) is 5.90. The molecule has 0 amide bonds. The molecule has 8 heteroatoms. The lowest BCUT2D eigenvalue weighted by molar-refractivity contribution is -0.145. The number of pyridine rings is 1. The molecule has 0 aliphatic carbocycles. The third-order valence-corrected chi connectivity index (χ3v) is 5.90. The Morgan fingerprint density at radius 2 is 1.97 bits per heavy atom. The number of aromatic nitrogens is 1. The van der Waals surface area contributed by atoms with Gasteiger partial charge in [-0.1, -0.05) is 25.8 Å². The van der Waals surface area contributed by atoms with Crippen molar-refractivity contribution in [2.24, 2.45) is 16.8 Å². The van der Waals surface area contributed by atoms with Gasteiger partial charge in [-0.25, -0.2) is 9.98 Å². The van der Waals surface area contributed by atoms with Crippen molar-refractivity contribution in [3.8, 4) is 0 Å². The molecular formula is C22H36IN5O2. The molecule has 1 N–H and O–H groups in total. The molecule has 3 heterocycles. The zero-order chi connectivity index (χ0) is 20.6. The molecule has 2 unspecified atom stereocenters. The summed E-state index contributed by atoms with van der Waals surface area (Å²) in [5.74, 6) is 1.94. The molecule has 2 fully saturated rings. The second-order valence-corrected chi connectivity index (χ2v) is 8.11. The second-order valence-electron chi connectivity index (χ2n) is 8.11. The Morgan fingerprint density at radius 1 is 1.23 bits per heavy atom. The number of methoxy groups -OCH3 is 1. The van der Waals surface area contributed by atoms with Crippen LogP contribution in [0.4, 0.5) is 5.82 Å². The summed E-state index contributed by atoms with van der Waals surface area (Å²) in [4.78, 5) is 26.0. The van der Waals surface area contributed by atoms with Crippen molar-refractivity contribution in [2.75, 3.05) is 44.7 Å². The Balaban J connectivity index is 0.00000320. The van der Waals surface area contributed by atoms with Crippen LogP contribution in [0.3, 0.4) is 0 Å². The number of nitrogens with zero attached hydrogens (tertiary/aromatic N) is 4. The highest BCUT2D eigenvalue weighted by molar-refractivity contribution is 14.0. The van der Waals surface area contributed by atoms with Gasteiger partial charge < -0.3 is 19.9 Å². The fourth-order valence-electron chi connectivity index (χ4n) is 4.19. The van der Waals surface area contributed by atoms with Gasteiger partial charge in [-0.2, -0.15) is 0 Å². The minimum Gasteiger partial charge on any atom is -0.469 e. The van der Waals surface area contributed by atoms with Crippen LogP contribution in [0.5, 0.6) is 0 Å². The zero-order valence-corrected chi connectivity index (χ0v) is 20.8. The molecule has 1 aromatic rings. The van der Waals surface area contributed by atoms with E-state index < -0.39 is 0 Å². The quantitative estimate of drug-likeness (QED) is 0.273. The number of esters is 1. The van der Waals surface area contributed by atoms with Crippen LogP contribution in [0, 0.1) is 11.8 Å². The summed E-state index contributed by atoms with van der Waals surface area (Å²) in [6, 6.07) is 4.25. The molecule has 3 rings (SSSR count). The molecule has 0 spiro atoms. The first-order valence-electron chi connectivity index (χ1n) is 10.9. The van der Waals surface area contributed by atoms with Gasteiger partial charge in [0.25, 0.3) is 0 Å². The van der Waals surface area contributed by atoms with Crippen LogP contribution < -0.4 is 10.2 Å². The van der Waals surface area contributed by atoms with E-state index in [0.29, 0.717) is 13.1 Å². The maximum Gasteiger partial charge on any atom is 0.310 e. The lowest BCUT2D eigenvalue weighted by Gasteiger charge is -2.22. The average Bonchev–Trinajstić information content (AvgIpc) is 2.94. The molecule has 0 saturated carbocycles. The molecule has 2 aliphatic heterocycles. The van der Waals surface area contributed by atoms with Crippen molar-refractivity contribution < 1.29 is 9.53 Å². The van der Waals surface area contributed by atoms with Crippen molar-refractivity contribution in [2.45, 2.75) is 46.1 Å². The van der Waals surface area contributed by atoms with Crippen molar-refractivity contribution in [1.82, 2.24) is 15.2 Å². The molecule has 2 atom stereocenters. The number of ether oxygens (including phenoxy) is 1. The summed E-state index contributed by atoms with van der Waals surface area (Å²) < 4.78 is 4.95. The Hall–Kier alpha value is -1.58. The van der Waals surface area contributed by atoms with Crippen LogP contribution in [0.1, 0.15) is 45.1 Å². The minimum atomic E-state index is -0.135. The predicted octanol–water partition coefficient (Wildman–Crippen LogP) is 3.29. The number of halogens is 1. The maximum atomic E-state index is 12.0. The van der Waals surface area contributed by atoms with Crippen LogP contribution in [-0.2, 0) is 16.1 Å². The topological polar surface area (TPSA) is 70.1 Å². The van der Waals surface area contributed by atoms with Crippen LogP contribution >= 0.6 is 24.0 Å². The Kier molecular flexibility index (Phi) is 10.1. The smallest absolute Gasteiger partial charge is 0.310 e. The summed E-state index contributed by atoms with van der Waals surface area (Å²) in [5.41, 5.74) is 1.09. The molecule has 30 heavy (non-hydrogen) atoms. The lowest BCUT2D eigenvalue weighted by Crippen LogP contribution is -2.40. The summed E-state index contributed by atoms with van der Waals surface area (Å²) >= 11 is 0. The average molecular weight is 529 g/mol. The Bertz CT molecular complexity index is 689. The van der Waals surface area contributed by atoms with Gasteiger partial charge in [-0.3, -0.25) is 4.79 Å². The minimum absolute atomic E-state index is 0. The summed E-state index contributed by atoms with van der Waals surface area (Å²) in [7, 11) is 1.46. The van der Waals surface area contributed by atoms with E-state index in [9.17, 15) is 4.79 Å². The normalized spacial score (nSPS) is 22.3. The lowest BCUT2D eigenvalue weighted by atomic mass is 9.99. The van der Waals surface area contributed by atoms with E-state index in [1.54, 1.807) is 0 Å². The summed E-state index contributed by atoms with van der Waals surface area (Å²) in [5, 5.41) is 3.36. The van der Waals surface area contributed by atoms with Crippen molar-refractivity contribution in [3.63, 3.8) is 0 Å². The second kappa shape index (κ2) is 12.3. The van der Waals surface area contributed by atoms with Crippen molar-refractivity contribution in [3.05, 3.63) is 23.9 Å². The van der Waals surface area contributed by atoms with E-state index in [1.165, 1.54) is 32.8 Å². The number of carbonyl (C=O) groups is 1. The SMILES string of the molecule is CCNC(=NCc1ccc(N2CCCCCC2)nc1)N1CC(C)C(C(=O)OC)C1.I. The molecule has 1 aromatic heterocycles. The number of anilines is 1. The van der Waals surface area contributed by atoms with Crippen LogP contribution in [0.15, 0.2) is 23.3 Å². The largest absolute Gasteiger partial charge is 0.469 e. The van der Waals surface area contributed by atoms with Gasteiger partial charge in [0, 0.05) is 38.9 Å². The van der Waals surface area contributed by atoms with Crippen LogP contribution in [0.2, 0.25) is 0 Å². The van der Waals surface area contributed by atoms with E-state index in [4.69, 9.17) is 9.73 Å². The molecule has 0 aromatic carbocycles. The molecular weight excluding hydrogens is 493 g/mol. The number of hydrogen-bond donors (Lipinski definition) is 1. The number of rotatable bonds is 5. The van der Waals surface area contributed by atoms with Gasteiger partial charge in [0.05, 0.1) is 19.6 Å². The molecule has 0 radical (unpaired) electrons. The van der Waals surface area contributed by atoms with Gasteiger partial charge in [-0.05, 0) is 37.3 Å². The number of aliphatic imine (C=N–C) groups is 1. The van der Waals surface area contributed by atoms with E-state index in [2.05, 4.69) is 46.1 Å². The highest BCUT2D eigenvalue weighted by Crippen LogP contribution is 2.24. The maximum absolute atomic E-state index is 12.0. The van der Waals surface area contributed by atoms with Crippen LogP contribution in [0.25, 0.3) is 0 Å². The molecule has 2 saturated heterocycles. The van der Waals surface area contributed by atoms with E-state index in [0.717, 1.165) is 43.5 Å². The van der Waals surface area contributed by atoms with Gasteiger partial charge in [0.2, 0.25) is 0 Å².